The normalized spacial score (nSPS) is 15.8. The van der Waals surface area contributed by atoms with Gasteiger partial charge in [-0.15, -0.1) is 0 Å². The Balaban J connectivity index is 2.11. The summed E-state index contributed by atoms with van der Waals surface area (Å²) in [7, 11) is 6.35. The van der Waals surface area contributed by atoms with Gasteiger partial charge in [-0.25, -0.2) is 0 Å². The van der Waals surface area contributed by atoms with Crippen molar-refractivity contribution in [1.82, 2.24) is 5.32 Å². The topological polar surface area (TPSA) is 66.0 Å². The van der Waals surface area contributed by atoms with Gasteiger partial charge in [0.25, 0.3) is 0 Å². The van der Waals surface area contributed by atoms with Crippen LogP contribution in [0.15, 0.2) is 30.3 Å². The lowest BCUT2D eigenvalue weighted by Gasteiger charge is -2.28. The Labute approximate surface area is 146 Å². The number of nitrogens with one attached hydrogen (secondary N) is 1. The lowest BCUT2D eigenvalue weighted by atomic mass is 9.89. The highest BCUT2D eigenvalue weighted by molar-refractivity contribution is 5.83. The smallest absolute Gasteiger partial charge is 0.225 e. The molecule has 6 heteroatoms. The first-order valence-electron chi connectivity index (χ1n) is 7.87. The lowest BCUT2D eigenvalue weighted by molar-refractivity contribution is -0.121. The number of hydrogen-bond acceptors (Lipinski definition) is 5. The fraction of sp³-hybridized carbons (Fsp3) is 0.316. The van der Waals surface area contributed by atoms with Crippen molar-refractivity contribution in [3.8, 4) is 23.0 Å². The summed E-state index contributed by atoms with van der Waals surface area (Å²) >= 11 is 0. The maximum Gasteiger partial charge on any atom is 0.225 e. The summed E-state index contributed by atoms with van der Waals surface area (Å²) in [5.74, 6) is 2.45. The third-order valence-corrected chi connectivity index (χ3v) is 4.35. The second-order valence-electron chi connectivity index (χ2n) is 5.70. The van der Waals surface area contributed by atoms with Gasteiger partial charge in [0.2, 0.25) is 5.91 Å². The zero-order valence-corrected chi connectivity index (χ0v) is 14.7. The Bertz CT molecular complexity index is 803. The molecule has 0 aliphatic carbocycles. The van der Waals surface area contributed by atoms with E-state index in [9.17, 15) is 4.79 Å². The summed E-state index contributed by atoms with van der Waals surface area (Å²) in [6.45, 7) is 0. The Kier molecular flexibility index (Phi) is 4.70. The van der Waals surface area contributed by atoms with Crippen LogP contribution >= 0.6 is 0 Å². The van der Waals surface area contributed by atoms with Crippen molar-refractivity contribution in [1.29, 1.82) is 0 Å². The first-order valence-corrected chi connectivity index (χ1v) is 7.87. The Hall–Kier alpha value is -2.89. The van der Waals surface area contributed by atoms with Crippen molar-refractivity contribution in [2.45, 2.75) is 12.5 Å². The zero-order valence-electron chi connectivity index (χ0n) is 14.7. The van der Waals surface area contributed by atoms with Crippen LogP contribution < -0.4 is 24.3 Å². The molecule has 0 radical (unpaired) electrons. The molecule has 25 heavy (non-hydrogen) atoms. The van der Waals surface area contributed by atoms with E-state index in [4.69, 9.17) is 18.9 Å². The maximum absolute atomic E-state index is 12.2. The SMILES string of the molecule is COc1ccc([C@H]2NC(=O)Cc3cc(OC)c(OC)cc32)cc1OC. The van der Waals surface area contributed by atoms with Crippen molar-refractivity contribution in [3.63, 3.8) is 0 Å². The third kappa shape index (κ3) is 3.07. The first kappa shape index (κ1) is 17.0. The number of amides is 1. The van der Waals surface area contributed by atoms with Crippen LogP contribution in [-0.2, 0) is 11.2 Å². The van der Waals surface area contributed by atoms with Gasteiger partial charge in [0.15, 0.2) is 23.0 Å². The molecular formula is C19H21NO5. The van der Waals surface area contributed by atoms with E-state index in [1.807, 2.05) is 30.3 Å². The molecular weight excluding hydrogens is 322 g/mol. The van der Waals surface area contributed by atoms with Crippen LogP contribution in [0.25, 0.3) is 0 Å². The number of methoxy groups -OCH3 is 4. The number of ether oxygens (including phenoxy) is 4. The molecule has 0 aromatic heterocycles. The molecule has 1 atom stereocenters. The summed E-state index contributed by atoms with van der Waals surface area (Å²) in [4.78, 5) is 12.2. The minimum Gasteiger partial charge on any atom is -0.493 e. The summed E-state index contributed by atoms with van der Waals surface area (Å²) < 4.78 is 21.4. The van der Waals surface area contributed by atoms with E-state index in [1.54, 1.807) is 28.4 Å². The van der Waals surface area contributed by atoms with Gasteiger partial charge < -0.3 is 24.3 Å². The molecule has 3 rings (SSSR count). The number of carbonyl (C=O) groups is 1. The van der Waals surface area contributed by atoms with Crippen LogP contribution in [0.4, 0.5) is 0 Å². The fourth-order valence-electron chi connectivity index (χ4n) is 3.12. The number of fused-ring (bicyclic) bond motifs is 1. The van der Waals surface area contributed by atoms with Gasteiger partial charge in [-0.3, -0.25) is 4.79 Å². The molecule has 0 saturated carbocycles. The van der Waals surface area contributed by atoms with Crippen LogP contribution in [0.1, 0.15) is 22.7 Å². The van der Waals surface area contributed by atoms with Crippen LogP contribution in [0.5, 0.6) is 23.0 Å². The van der Waals surface area contributed by atoms with Crippen molar-refractivity contribution in [2.75, 3.05) is 28.4 Å². The minimum absolute atomic E-state index is 0.0421. The molecule has 0 spiro atoms. The second-order valence-corrected chi connectivity index (χ2v) is 5.70. The Morgan fingerprint density at radius 3 is 2.08 bits per heavy atom. The van der Waals surface area contributed by atoms with Crippen molar-refractivity contribution >= 4 is 5.91 Å². The molecule has 1 aliphatic rings. The average Bonchev–Trinajstić information content (AvgIpc) is 2.65. The molecule has 0 fully saturated rings. The van der Waals surface area contributed by atoms with E-state index in [0.717, 1.165) is 16.7 Å². The molecule has 1 heterocycles. The molecule has 0 bridgehead atoms. The molecule has 1 amide bonds. The quantitative estimate of drug-likeness (QED) is 0.903. The zero-order chi connectivity index (χ0) is 18.0. The van der Waals surface area contributed by atoms with Crippen LogP contribution in [-0.4, -0.2) is 34.3 Å². The second kappa shape index (κ2) is 6.93. The number of carbonyl (C=O) groups excluding carboxylic acids is 1. The molecule has 0 saturated heterocycles. The molecule has 6 nitrogen and oxygen atoms in total. The van der Waals surface area contributed by atoms with Gasteiger partial charge in [-0.1, -0.05) is 6.07 Å². The maximum atomic E-state index is 12.2. The molecule has 1 N–H and O–H groups in total. The van der Waals surface area contributed by atoms with Gasteiger partial charge in [-0.2, -0.15) is 0 Å². The van der Waals surface area contributed by atoms with Gasteiger partial charge in [0.1, 0.15) is 0 Å². The number of benzene rings is 2. The predicted molar refractivity (Wildman–Crippen MR) is 92.8 cm³/mol. The largest absolute Gasteiger partial charge is 0.493 e. The summed E-state index contributed by atoms with van der Waals surface area (Å²) in [6, 6.07) is 9.09. The van der Waals surface area contributed by atoms with Crippen LogP contribution in [0.3, 0.4) is 0 Å². The fourth-order valence-corrected chi connectivity index (χ4v) is 3.12. The molecule has 1 aliphatic heterocycles. The lowest BCUT2D eigenvalue weighted by Crippen LogP contribution is -2.35. The van der Waals surface area contributed by atoms with Crippen LogP contribution in [0, 0.1) is 0 Å². The summed E-state index contributed by atoms with van der Waals surface area (Å²) in [5, 5.41) is 3.03. The summed E-state index contributed by atoms with van der Waals surface area (Å²) in [5.41, 5.74) is 2.80. The molecule has 0 unspecified atom stereocenters. The highest BCUT2D eigenvalue weighted by atomic mass is 16.5. The Morgan fingerprint density at radius 1 is 0.840 bits per heavy atom. The van der Waals surface area contributed by atoms with Crippen molar-refractivity contribution in [3.05, 3.63) is 47.0 Å². The average molecular weight is 343 g/mol. The monoisotopic (exact) mass is 343 g/mol. The van der Waals surface area contributed by atoms with E-state index < -0.39 is 0 Å². The van der Waals surface area contributed by atoms with Crippen molar-refractivity contribution in [2.24, 2.45) is 0 Å². The highest BCUT2D eigenvalue weighted by Gasteiger charge is 2.28. The molecule has 2 aromatic carbocycles. The highest BCUT2D eigenvalue weighted by Crippen LogP contribution is 2.39. The molecule has 132 valence electrons. The van der Waals surface area contributed by atoms with E-state index >= 15 is 0 Å². The summed E-state index contributed by atoms with van der Waals surface area (Å²) in [6.07, 6.45) is 0.305. The van der Waals surface area contributed by atoms with Gasteiger partial charge in [0.05, 0.1) is 40.9 Å². The van der Waals surface area contributed by atoms with E-state index in [-0.39, 0.29) is 11.9 Å². The van der Waals surface area contributed by atoms with E-state index in [1.165, 1.54) is 0 Å². The van der Waals surface area contributed by atoms with E-state index in [2.05, 4.69) is 5.32 Å². The van der Waals surface area contributed by atoms with Crippen LogP contribution in [0.2, 0.25) is 0 Å². The van der Waals surface area contributed by atoms with Gasteiger partial charge in [-0.05, 0) is 41.0 Å². The number of hydrogen-bond donors (Lipinski definition) is 1. The molecule has 2 aromatic rings. The van der Waals surface area contributed by atoms with Crippen molar-refractivity contribution < 1.29 is 23.7 Å². The minimum atomic E-state index is -0.295. The standard InChI is InChI=1S/C19H21NO5/c1-22-14-6-5-11(7-15(14)23-2)19-13-10-17(25-4)16(24-3)8-12(13)9-18(21)20-19/h5-8,10,19H,9H2,1-4H3,(H,20,21)/t19-/m1/s1. The Morgan fingerprint density at radius 2 is 1.44 bits per heavy atom. The number of rotatable bonds is 5. The van der Waals surface area contributed by atoms with E-state index in [0.29, 0.717) is 29.4 Å². The van der Waals surface area contributed by atoms with Gasteiger partial charge in [0, 0.05) is 0 Å². The van der Waals surface area contributed by atoms with Gasteiger partial charge >= 0.3 is 0 Å². The predicted octanol–water partition coefficient (Wildman–Crippen LogP) is 2.48. The third-order valence-electron chi connectivity index (χ3n) is 4.35. The first-order chi connectivity index (χ1) is 12.1.